The van der Waals surface area contributed by atoms with Gasteiger partial charge in [-0.3, -0.25) is 4.79 Å². The molecule has 1 aromatic carbocycles. The molecule has 0 aliphatic heterocycles. The van der Waals surface area contributed by atoms with Gasteiger partial charge in [0.1, 0.15) is 6.61 Å². The molecule has 0 bridgehead atoms. The van der Waals surface area contributed by atoms with Crippen LogP contribution in [0.15, 0.2) is 18.2 Å². The van der Waals surface area contributed by atoms with Gasteiger partial charge in [-0.15, -0.1) is 0 Å². The van der Waals surface area contributed by atoms with E-state index in [-0.39, 0.29) is 12.5 Å². The highest BCUT2D eigenvalue weighted by atomic mass is 16.5. The summed E-state index contributed by atoms with van der Waals surface area (Å²) in [5, 5.41) is 2.79. The molecule has 19 heavy (non-hydrogen) atoms. The molecular weight excluding hydrogens is 240 g/mol. The first-order valence-electron chi connectivity index (χ1n) is 6.34. The van der Waals surface area contributed by atoms with Crippen molar-refractivity contribution >= 4 is 11.6 Å². The smallest absolute Gasteiger partial charge is 0.250 e. The fraction of sp³-hybridized carbons (Fsp3) is 0.400. The molecule has 0 aromatic heterocycles. The predicted molar refractivity (Wildman–Crippen MR) is 76.9 cm³/mol. The van der Waals surface area contributed by atoms with E-state index in [1.165, 1.54) is 0 Å². The van der Waals surface area contributed by atoms with Crippen molar-refractivity contribution in [3.05, 3.63) is 29.3 Å². The topological polar surface area (TPSA) is 64.3 Å². The minimum absolute atomic E-state index is 0.0849. The number of carbonyl (C=O) groups is 1. The minimum atomic E-state index is -0.145. The molecule has 0 aliphatic carbocycles. The summed E-state index contributed by atoms with van der Waals surface area (Å²) < 4.78 is 5.18. The number of nitrogens with two attached hydrogens (primary N) is 1. The molecule has 0 radical (unpaired) electrons. The fourth-order valence-corrected chi connectivity index (χ4v) is 1.53. The number of ether oxygens (including phenoxy) is 1. The van der Waals surface area contributed by atoms with E-state index in [0.717, 1.165) is 23.2 Å². The number of aryl methyl sites for hydroxylation is 1. The van der Waals surface area contributed by atoms with E-state index in [2.05, 4.69) is 17.2 Å². The Kier molecular flexibility index (Phi) is 6.65. The number of anilines is 1. The third-order valence-corrected chi connectivity index (χ3v) is 2.42. The lowest BCUT2D eigenvalue weighted by Crippen LogP contribution is -2.18. The van der Waals surface area contributed by atoms with Gasteiger partial charge in [0.15, 0.2) is 0 Å². The van der Waals surface area contributed by atoms with Crippen LogP contribution in [0.25, 0.3) is 0 Å². The number of hydrogen-bond donors (Lipinski definition) is 2. The molecule has 1 aromatic rings. The second-order valence-electron chi connectivity index (χ2n) is 4.14. The van der Waals surface area contributed by atoms with Crippen molar-refractivity contribution in [2.45, 2.75) is 20.3 Å². The zero-order valence-corrected chi connectivity index (χ0v) is 11.5. The molecule has 0 saturated heterocycles. The van der Waals surface area contributed by atoms with E-state index in [0.29, 0.717) is 13.2 Å². The number of rotatable bonds is 5. The Labute approximate surface area is 114 Å². The highest BCUT2D eigenvalue weighted by molar-refractivity contribution is 5.91. The first kappa shape index (κ1) is 15.2. The van der Waals surface area contributed by atoms with Crippen LogP contribution in [0, 0.1) is 18.8 Å². The lowest BCUT2D eigenvalue weighted by atomic mass is 10.1. The quantitative estimate of drug-likeness (QED) is 0.625. The summed E-state index contributed by atoms with van der Waals surface area (Å²) in [5.74, 6) is 5.65. The van der Waals surface area contributed by atoms with Gasteiger partial charge in [0.05, 0.1) is 6.54 Å². The minimum Gasteiger partial charge on any atom is -0.372 e. The van der Waals surface area contributed by atoms with Gasteiger partial charge in [-0.25, -0.2) is 0 Å². The fourth-order valence-electron chi connectivity index (χ4n) is 1.53. The number of benzene rings is 1. The Hall–Kier alpha value is -1.83. The van der Waals surface area contributed by atoms with Crippen molar-refractivity contribution in [2.75, 3.05) is 25.1 Å². The molecule has 0 aliphatic rings. The van der Waals surface area contributed by atoms with Crippen LogP contribution >= 0.6 is 0 Å². The van der Waals surface area contributed by atoms with Crippen molar-refractivity contribution in [3.8, 4) is 11.8 Å². The molecule has 4 heteroatoms. The lowest BCUT2D eigenvalue weighted by molar-refractivity contribution is -0.120. The molecule has 3 N–H and O–H groups in total. The second kappa shape index (κ2) is 8.30. The van der Waals surface area contributed by atoms with E-state index >= 15 is 0 Å². The van der Waals surface area contributed by atoms with E-state index in [1.54, 1.807) is 0 Å². The Morgan fingerprint density at radius 1 is 1.47 bits per heavy atom. The lowest BCUT2D eigenvalue weighted by Gasteiger charge is -2.07. The standard InChI is InChI=1S/C15H20N2O2/c1-3-9-19-11-15(18)17-14-7-6-13(5-4-8-16)12(2)10-14/h6-7,10H,3,8-9,11,16H2,1-2H3,(H,17,18). The normalized spacial score (nSPS) is 9.63. The van der Waals surface area contributed by atoms with Crippen molar-refractivity contribution in [3.63, 3.8) is 0 Å². The third-order valence-electron chi connectivity index (χ3n) is 2.42. The summed E-state index contributed by atoms with van der Waals surface area (Å²) in [5.41, 5.74) is 8.02. The summed E-state index contributed by atoms with van der Waals surface area (Å²) in [4.78, 5) is 11.6. The van der Waals surface area contributed by atoms with E-state index in [4.69, 9.17) is 10.5 Å². The van der Waals surface area contributed by atoms with Gasteiger partial charge in [-0.05, 0) is 37.1 Å². The van der Waals surface area contributed by atoms with Gasteiger partial charge in [-0.2, -0.15) is 0 Å². The summed E-state index contributed by atoms with van der Waals surface area (Å²) >= 11 is 0. The summed E-state index contributed by atoms with van der Waals surface area (Å²) in [6, 6.07) is 5.59. The van der Waals surface area contributed by atoms with E-state index in [1.807, 2.05) is 32.0 Å². The highest BCUT2D eigenvalue weighted by Crippen LogP contribution is 2.14. The molecule has 1 rings (SSSR count). The van der Waals surface area contributed by atoms with Crippen LogP contribution in [0.5, 0.6) is 0 Å². The van der Waals surface area contributed by atoms with E-state index < -0.39 is 0 Å². The second-order valence-corrected chi connectivity index (χ2v) is 4.14. The van der Waals surface area contributed by atoms with Crippen molar-refractivity contribution in [1.82, 2.24) is 0 Å². The number of nitrogens with one attached hydrogen (secondary N) is 1. The predicted octanol–water partition coefficient (Wildman–Crippen LogP) is 1.67. The average Bonchev–Trinajstić information content (AvgIpc) is 2.38. The van der Waals surface area contributed by atoms with Crippen LogP contribution in [0.2, 0.25) is 0 Å². The molecule has 102 valence electrons. The third kappa shape index (κ3) is 5.56. The maximum absolute atomic E-state index is 11.6. The molecule has 0 unspecified atom stereocenters. The Bertz CT molecular complexity index is 487. The van der Waals surface area contributed by atoms with Crippen LogP contribution in [-0.2, 0) is 9.53 Å². The van der Waals surface area contributed by atoms with Gasteiger partial charge in [0.25, 0.3) is 0 Å². The molecule has 0 heterocycles. The van der Waals surface area contributed by atoms with Crippen LogP contribution < -0.4 is 11.1 Å². The van der Waals surface area contributed by atoms with Gasteiger partial charge < -0.3 is 15.8 Å². The molecule has 0 spiro atoms. The van der Waals surface area contributed by atoms with Crippen molar-refractivity contribution < 1.29 is 9.53 Å². The molecular formula is C15H20N2O2. The average molecular weight is 260 g/mol. The van der Waals surface area contributed by atoms with Crippen LogP contribution in [0.3, 0.4) is 0 Å². The molecule has 0 saturated carbocycles. The van der Waals surface area contributed by atoms with Gasteiger partial charge in [0.2, 0.25) is 5.91 Å². The highest BCUT2D eigenvalue weighted by Gasteiger charge is 2.03. The SMILES string of the molecule is CCCOCC(=O)Nc1ccc(C#CCN)c(C)c1. The first-order chi connectivity index (χ1) is 9.17. The summed E-state index contributed by atoms with van der Waals surface area (Å²) in [7, 11) is 0. The maximum atomic E-state index is 11.6. The molecule has 4 nitrogen and oxygen atoms in total. The van der Waals surface area contributed by atoms with Gasteiger partial charge in [0, 0.05) is 17.9 Å². The Balaban J connectivity index is 2.60. The van der Waals surface area contributed by atoms with E-state index in [9.17, 15) is 4.79 Å². The number of carbonyl (C=O) groups excluding carboxylic acids is 1. The van der Waals surface area contributed by atoms with Crippen LogP contribution in [0.4, 0.5) is 5.69 Å². The van der Waals surface area contributed by atoms with Crippen LogP contribution in [0.1, 0.15) is 24.5 Å². The Morgan fingerprint density at radius 3 is 2.89 bits per heavy atom. The van der Waals surface area contributed by atoms with Gasteiger partial charge in [-0.1, -0.05) is 18.8 Å². The zero-order valence-electron chi connectivity index (χ0n) is 11.5. The molecule has 0 atom stereocenters. The maximum Gasteiger partial charge on any atom is 0.250 e. The monoisotopic (exact) mass is 260 g/mol. The van der Waals surface area contributed by atoms with Crippen LogP contribution in [-0.4, -0.2) is 25.7 Å². The molecule has 1 amide bonds. The number of hydrogen-bond acceptors (Lipinski definition) is 3. The molecule has 0 fully saturated rings. The summed E-state index contributed by atoms with van der Waals surface area (Å²) in [6.45, 7) is 4.97. The first-order valence-corrected chi connectivity index (χ1v) is 6.34. The number of amides is 1. The van der Waals surface area contributed by atoms with Crippen molar-refractivity contribution in [1.29, 1.82) is 0 Å². The summed E-state index contributed by atoms with van der Waals surface area (Å²) in [6.07, 6.45) is 0.904. The van der Waals surface area contributed by atoms with Gasteiger partial charge >= 0.3 is 0 Å². The van der Waals surface area contributed by atoms with Crippen molar-refractivity contribution in [2.24, 2.45) is 5.73 Å². The largest absolute Gasteiger partial charge is 0.372 e. The zero-order chi connectivity index (χ0) is 14.1. The Morgan fingerprint density at radius 2 is 2.26 bits per heavy atom.